The molecule has 5 heteroatoms. The fourth-order valence-electron chi connectivity index (χ4n) is 2.73. The van der Waals surface area contributed by atoms with E-state index in [9.17, 15) is 18.0 Å². The van der Waals surface area contributed by atoms with Gasteiger partial charge in [-0.2, -0.15) is 13.2 Å². The van der Waals surface area contributed by atoms with Gasteiger partial charge in [-0.15, -0.1) is 0 Å². The first kappa shape index (κ1) is 14.9. The lowest BCUT2D eigenvalue weighted by atomic mass is 9.88. The molecule has 1 unspecified atom stereocenters. The van der Waals surface area contributed by atoms with Crippen molar-refractivity contribution in [2.45, 2.75) is 38.8 Å². The number of halogens is 3. The fraction of sp³-hybridized carbons (Fsp3) is 0.533. The van der Waals surface area contributed by atoms with Gasteiger partial charge in [-0.25, -0.2) is 0 Å². The maximum absolute atomic E-state index is 12.9. The summed E-state index contributed by atoms with van der Waals surface area (Å²) < 4.78 is 38.8. The Morgan fingerprint density at radius 3 is 2.65 bits per heavy atom. The molecule has 1 aliphatic heterocycles. The molecule has 1 amide bonds. The van der Waals surface area contributed by atoms with Crippen LogP contribution in [-0.2, 0) is 11.0 Å². The number of aryl methyl sites for hydroxylation is 1. The normalized spacial score (nSPS) is 20.1. The van der Waals surface area contributed by atoms with Gasteiger partial charge in [-0.05, 0) is 37.0 Å². The molecule has 0 saturated carbocycles. The molecule has 0 bridgehead atoms. The highest BCUT2D eigenvalue weighted by Crippen LogP contribution is 2.35. The summed E-state index contributed by atoms with van der Waals surface area (Å²) in [4.78, 5) is 13.1. The molecule has 1 aromatic carbocycles. The van der Waals surface area contributed by atoms with Crippen molar-refractivity contribution in [3.63, 3.8) is 0 Å². The minimum Gasteiger partial charge on any atom is -0.342 e. The molecule has 0 aromatic heterocycles. The Balaban J connectivity index is 2.27. The van der Waals surface area contributed by atoms with Crippen molar-refractivity contribution < 1.29 is 18.0 Å². The molecule has 2 nitrogen and oxygen atoms in total. The Bertz CT molecular complexity index is 510. The number of likely N-dealkylation sites (tertiary alicyclic amines) is 1. The van der Waals surface area contributed by atoms with Gasteiger partial charge in [0.1, 0.15) is 0 Å². The number of hydrogen-bond donors (Lipinski definition) is 0. The Labute approximate surface area is 116 Å². The summed E-state index contributed by atoms with van der Waals surface area (Å²) in [7, 11) is 0. The summed E-state index contributed by atoms with van der Waals surface area (Å²) in [6.45, 7) is 4.17. The SMILES string of the molecule is CC(=O)N1CCCC(c2ccc(C)c(C(F)(F)F)c2)C1. The molecule has 1 saturated heterocycles. The summed E-state index contributed by atoms with van der Waals surface area (Å²) in [5, 5.41) is 0. The Hall–Kier alpha value is -1.52. The summed E-state index contributed by atoms with van der Waals surface area (Å²) in [6, 6.07) is 4.51. The second kappa shape index (κ2) is 5.46. The van der Waals surface area contributed by atoms with Crippen molar-refractivity contribution in [1.82, 2.24) is 4.90 Å². The van der Waals surface area contributed by atoms with Crippen molar-refractivity contribution in [3.05, 3.63) is 34.9 Å². The van der Waals surface area contributed by atoms with Gasteiger partial charge in [0, 0.05) is 25.9 Å². The van der Waals surface area contributed by atoms with Crippen LogP contribution in [0.3, 0.4) is 0 Å². The maximum Gasteiger partial charge on any atom is 0.416 e. The van der Waals surface area contributed by atoms with E-state index in [1.54, 1.807) is 11.0 Å². The molecular formula is C15H18F3NO. The van der Waals surface area contributed by atoms with Gasteiger partial charge in [0.15, 0.2) is 0 Å². The second-order valence-corrected chi connectivity index (χ2v) is 5.38. The van der Waals surface area contributed by atoms with Crippen LogP contribution < -0.4 is 0 Å². The Morgan fingerprint density at radius 1 is 1.35 bits per heavy atom. The van der Waals surface area contributed by atoms with Crippen LogP contribution in [-0.4, -0.2) is 23.9 Å². The molecule has 0 spiro atoms. The summed E-state index contributed by atoms with van der Waals surface area (Å²) in [6.07, 6.45) is -2.67. The van der Waals surface area contributed by atoms with Crippen molar-refractivity contribution >= 4 is 5.91 Å². The largest absolute Gasteiger partial charge is 0.416 e. The molecule has 1 aromatic rings. The van der Waals surface area contributed by atoms with Crippen molar-refractivity contribution in [2.24, 2.45) is 0 Å². The van der Waals surface area contributed by atoms with Crippen LogP contribution in [0.4, 0.5) is 13.2 Å². The van der Waals surface area contributed by atoms with Crippen molar-refractivity contribution in [2.75, 3.05) is 13.1 Å². The molecule has 110 valence electrons. The highest BCUT2D eigenvalue weighted by atomic mass is 19.4. The first-order chi connectivity index (χ1) is 9.29. The van der Waals surface area contributed by atoms with E-state index in [0.29, 0.717) is 18.7 Å². The Morgan fingerprint density at radius 2 is 2.05 bits per heavy atom. The zero-order valence-corrected chi connectivity index (χ0v) is 11.6. The van der Waals surface area contributed by atoms with Gasteiger partial charge >= 0.3 is 6.18 Å². The molecular weight excluding hydrogens is 267 g/mol. The van der Waals surface area contributed by atoms with Crippen LogP contribution in [0.15, 0.2) is 18.2 Å². The van der Waals surface area contributed by atoms with Gasteiger partial charge < -0.3 is 4.90 Å². The average molecular weight is 285 g/mol. The monoisotopic (exact) mass is 285 g/mol. The smallest absolute Gasteiger partial charge is 0.342 e. The molecule has 1 heterocycles. The third-order valence-corrected chi connectivity index (χ3v) is 3.91. The van der Waals surface area contributed by atoms with E-state index >= 15 is 0 Å². The second-order valence-electron chi connectivity index (χ2n) is 5.38. The minimum atomic E-state index is -4.32. The summed E-state index contributed by atoms with van der Waals surface area (Å²) in [5.74, 6) is -0.0211. The van der Waals surface area contributed by atoms with Crippen LogP contribution in [0.2, 0.25) is 0 Å². The van der Waals surface area contributed by atoms with E-state index in [0.717, 1.165) is 12.8 Å². The fourth-order valence-corrected chi connectivity index (χ4v) is 2.73. The topological polar surface area (TPSA) is 20.3 Å². The van der Waals surface area contributed by atoms with Crippen molar-refractivity contribution in [3.8, 4) is 0 Å². The number of piperidine rings is 1. The van der Waals surface area contributed by atoms with E-state index in [1.807, 2.05) is 0 Å². The minimum absolute atomic E-state index is 0.00523. The molecule has 0 aliphatic carbocycles. The molecule has 1 aliphatic rings. The molecule has 2 rings (SSSR count). The molecule has 1 atom stereocenters. The number of alkyl halides is 3. The van der Waals surface area contributed by atoms with Gasteiger partial charge in [0.25, 0.3) is 0 Å². The molecule has 0 radical (unpaired) electrons. The highest BCUT2D eigenvalue weighted by Gasteiger charge is 2.33. The number of carbonyl (C=O) groups is 1. The third-order valence-electron chi connectivity index (χ3n) is 3.91. The number of hydrogen-bond acceptors (Lipinski definition) is 1. The first-order valence-corrected chi connectivity index (χ1v) is 6.72. The number of nitrogens with zero attached hydrogens (tertiary/aromatic N) is 1. The van der Waals surface area contributed by atoms with Crippen LogP contribution in [0.5, 0.6) is 0 Å². The van der Waals surface area contributed by atoms with Crippen LogP contribution in [0, 0.1) is 6.92 Å². The predicted octanol–water partition coefficient (Wildman–Crippen LogP) is 3.74. The summed E-state index contributed by atoms with van der Waals surface area (Å²) >= 11 is 0. The zero-order valence-electron chi connectivity index (χ0n) is 11.6. The standard InChI is InChI=1S/C15H18F3NO/c1-10-5-6-12(8-14(10)15(16,17)18)13-4-3-7-19(9-13)11(2)20/h5-6,8,13H,3-4,7,9H2,1-2H3. The van der Waals surface area contributed by atoms with E-state index < -0.39 is 11.7 Å². The van der Waals surface area contributed by atoms with E-state index in [1.165, 1.54) is 26.0 Å². The predicted molar refractivity (Wildman–Crippen MR) is 70.4 cm³/mol. The van der Waals surface area contributed by atoms with Gasteiger partial charge in [0.2, 0.25) is 5.91 Å². The lowest BCUT2D eigenvalue weighted by molar-refractivity contribution is -0.138. The van der Waals surface area contributed by atoms with E-state index in [-0.39, 0.29) is 17.4 Å². The van der Waals surface area contributed by atoms with Crippen molar-refractivity contribution in [1.29, 1.82) is 0 Å². The van der Waals surface area contributed by atoms with Gasteiger partial charge in [-0.1, -0.05) is 12.1 Å². The maximum atomic E-state index is 12.9. The van der Waals surface area contributed by atoms with Crippen LogP contribution in [0.25, 0.3) is 0 Å². The highest BCUT2D eigenvalue weighted by molar-refractivity contribution is 5.73. The van der Waals surface area contributed by atoms with Gasteiger partial charge in [-0.3, -0.25) is 4.79 Å². The van der Waals surface area contributed by atoms with Crippen LogP contribution >= 0.6 is 0 Å². The lowest BCUT2D eigenvalue weighted by Crippen LogP contribution is -2.37. The molecule has 1 fully saturated rings. The van der Waals surface area contributed by atoms with Gasteiger partial charge in [0.05, 0.1) is 5.56 Å². The zero-order chi connectivity index (χ0) is 14.9. The summed E-state index contributed by atoms with van der Waals surface area (Å²) in [5.41, 5.74) is 0.337. The first-order valence-electron chi connectivity index (χ1n) is 6.72. The third kappa shape index (κ3) is 3.14. The number of rotatable bonds is 1. The number of amides is 1. The van der Waals surface area contributed by atoms with E-state index in [4.69, 9.17) is 0 Å². The lowest BCUT2D eigenvalue weighted by Gasteiger charge is -2.32. The van der Waals surface area contributed by atoms with Crippen LogP contribution in [0.1, 0.15) is 42.4 Å². The molecule has 20 heavy (non-hydrogen) atoms. The number of carbonyl (C=O) groups excluding carboxylic acids is 1. The number of benzene rings is 1. The van der Waals surface area contributed by atoms with E-state index in [2.05, 4.69) is 0 Å². The quantitative estimate of drug-likeness (QED) is 0.769. The molecule has 0 N–H and O–H groups in total. The Kier molecular flexibility index (Phi) is 4.06. The average Bonchev–Trinajstić information content (AvgIpc) is 2.38.